The smallest absolute Gasteiger partial charge is 0.344 e. The minimum atomic E-state index is -4.41. The van der Waals surface area contributed by atoms with Crippen molar-refractivity contribution in [3.8, 4) is 0 Å². The monoisotopic (exact) mass is 344 g/mol. The third-order valence-corrected chi connectivity index (χ3v) is 2.82. The van der Waals surface area contributed by atoms with Gasteiger partial charge in [0.15, 0.2) is 6.61 Å². The zero-order valence-corrected chi connectivity index (χ0v) is 12.5. The second-order valence-electron chi connectivity index (χ2n) is 5.14. The number of carbonyl (C=O) groups is 2. The number of hydrogen-bond donors (Lipinski definition) is 0. The molecule has 1 aliphatic heterocycles. The summed E-state index contributed by atoms with van der Waals surface area (Å²) in [4.78, 5) is 22.4. The predicted octanol–water partition coefficient (Wildman–Crippen LogP) is 1.68. The number of carbonyl (C=O) groups excluding carboxylic acids is 2. The van der Waals surface area contributed by atoms with Crippen LogP contribution in [0.4, 0.5) is 17.6 Å². The lowest BCUT2D eigenvalue weighted by Crippen LogP contribution is -2.45. The molecule has 10 heteroatoms. The van der Waals surface area contributed by atoms with Crippen LogP contribution in [0.25, 0.3) is 0 Å². The average molecular weight is 344 g/mol. The minimum Gasteiger partial charge on any atom is -0.457 e. The van der Waals surface area contributed by atoms with E-state index < -0.39 is 56.0 Å². The van der Waals surface area contributed by atoms with Crippen LogP contribution in [-0.4, -0.2) is 56.0 Å². The summed E-state index contributed by atoms with van der Waals surface area (Å²) in [6.45, 7) is 1.04. The van der Waals surface area contributed by atoms with Crippen LogP contribution in [0.15, 0.2) is 12.2 Å². The second-order valence-corrected chi connectivity index (χ2v) is 5.14. The molecule has 6 nitrogen and oxygen atoms in total. The van der Waals surface area contributed by atoms with Gasteiger partial charge in [-0.2, -0.15) is 17.6 Å². The van der Waals surface area contributed by atoms with Gasteiger partial charge in [-0.05, 0) is 13.8 Å². The summed E-state index contributed by atoms with van der Waals surface area (Å²) in [6.07, 6.45) is 0. The molecule has 132 valence electrons. The maximum Gasteiger partial charge on any atom is 0.344 e. The Balaban J connectivity index is 2.52. The lowest BCUT2D eigenvalue weighted by Gasteiger charge is -2.27. The molecule has 0 atom stereocenters. The van der Waals surface area contributed by atoms with Crippen molar-refractivity contribution >= 4 is 11.9 Å². The Morgan fingerprint density at radius 1 is 1.09 bits per heavy atom. The summed E-state index contributed by atoms with van der Waals surface area (Å²) >= 11 is 0. The van der Waals surface area contributed by atoms with Crippen LogP contribution in [0.5, 0.6) is 0 Å². The van der Waals surface area contributed by atoms with Crippen molar-refractivity contribution in [2.45, 2.75) is 31.5 Å². The molecule has 1 aliphatic rings. The molecule has 23 heavy (non-hydrogen) atoms. The lowest BCUT2D eigenvalue weighted by molar-refractivity contribution is -0.247. The first-order valence-electron chi connectivity index (χ1n) is 6.40. The molecule has 0 unspecified atom stereocenters. The van der Waals surface area contributed by atoms with Crippen molar-refractivity contribution in [1.82, 2.24) is 0 Å². The van der Waals surface area contributed by atoms with Crippen LogP contribution >= 0.6 is 0 Å². The molecule has 0 radical (unpaired) electrons. The van der Waals surface area contributed by atoms with Gasteiger partial charge in [0, 0.05) is 5.57 Å². The standard InChI is InChI=1S/C13H16F4O6/c1-8(2)10(19)20-4-9(18)21-5-11(3)22-6-12(14,15)13(16,17)7-23-11/h1,4-7H2,2-3H3. The summed E-state index contributed by atoms with van der Waals surface area (Å²) < 4.78 is 70.9. The molecule has 0 aromatic carbocycles. The summed E-state index contributed by atoms with van der Waals surface area (Å²) in [5.41, 5.74) is 0.0599. The Morgan fingerprint density at radius 2 is 1.57 bits per heavy atom. The first kappa shape index (κ1) is 19.4. The van der Waals surface area contributed by atoms with E-state index in [4.69, 9.17) is 0 Å². The molecule has 0 aromatic heterocycles. The van der Waals surface area contributed by atoms with Crippen molar-refractivity contribution in [2.24, 2.45) is 0 Å². The van der Waals surface area contributed by atoms with Crippen LogP contribution in [0.1, 0.15) is 13.8 Å². The van der Waals surface area contributed by atoms with Gasteiger partial charge in [-0.25, -0.2) is 9.59 Å². The summed E-state index contributed by atoms with van der Waals surface area (Å²) in [7, 11) is 0. The van der Waals surface area contributed by atoms with Crippen LogP contribution in [0, 0.1) is 0 Å². The van der Waals surface area contributed by atoms with Gasteiger partial charge in [-0.1, -0.05) is 6.58 Å². The van der Waals surface area contributed by atoms with Gasteiger partial charge in [0.05, 0.1) is 0 Å². The number of hydrogen-bond acceptors (Lipinski definition) is 6. The van der Waals surface area contributed by atoms with Crippen molar-refractivity contribution in [3.05, 3.63) is 12.2 Å². The zero-order valence-electron chi connectivity index (χ0n) is 12.5. The highest BCUT2D eigenvalue weighted by Gasteiger charge is 2.60. The minimum absolute atomic E-state index is 0.0599. The van der Waals surface area contributed by atoms with Gasteiger partial charge in [-0.3, -0.25) is 0 Å². The Morgan fingerprint density at radius 3 is 2.00 bits per heavy atom. The highest BCUT2D eigenvalue weighted by molar-refractivity contribution is 5.88. The van der Waals surface area contributed by atoms with Crippen molar-refractivity contribution < 1.29 is 46.1 Å². The molecule has 1 rings (SSSR count). The normalized spacial score (nSPS) is 21.8. The van der Waals surface area contributed by atoms with E-state index in [1.54, 1.807) is 0 Å². The van der Waals surface area contributed by atoms with Gasteiger partial charge in [0.1, 0.15) is 19.8 Å². The molecular weight excluding hydrogens is 328 g/mol. The van der Waals surface area contributed by atoms with Crippen molar-refractivity contribution in [2.75, 3.05) is 26.4 Å². The molecule has 0 bridgehead atoms. The molecule has 0 saturated carbocycles. The van der Waals surface area contributed by atoms with Crippen LogP contribution in [0.2, 0.25) is 0 Å². The Hall–Kier alpha value is -1.68. The summed E-state index contributed by atoms with van der Waals surface area (Å²) in [5.74, 6) is -12.7. The molecule has 1 fully saturated rings. The fourth-order valence-electron chi connectivity index (χ4n) is 1.32. The van der Waals surface area contributed by atoms with E-state index in [1.165, 1.54) is 6.92 Å². The van der Waals surface area contributed by atoms with Crippen LogP contribution in [0.3, 0.4) is 0 Å². The fraction of sp³-hybridized carbons (Fsp3) is 0.692. The lowest BCUT2D eigenvalue weighted by atomic mass is 10.2. The van der Waals surface area contributed by atoms with Crippen molar-refractivity contribution in [3.63, 3.8) is 0 Å². The summed E-state index contributed by atoms with van der Waals surface area (Å²) in [6, 6.07) is 0. The quantitative estimate of drug-likeness (QED) is 0.429. The van der Waals surface area contributed by atoms with E-state index >= 15 is 0 Å². The predicted molar refractivity (Wildman–Crippen MR) is 66.9 cm³/mol. The molecule has 0 spiro atoms. The Kier molecular flexibility index (Phi) is 5.75. The molecular formula is C13H16F4O6. The fourth-order valence-corrected chi connectivity index (χ4v) is 1.32. The van der Waals surface area contributed by atoms with E-state index in [1.807, 2.05) is 0 Å². The number of halogens is 4. The van der Waals surface area contributed by atoms with Crippen LogP contribution < -0.4 is 0 Å². The topological polar surface area (TPSA) is 71.1 Å². The SMILES string of the molecule is C=C(C)C(=O)OCC(=O)OCC1(C)OCC(F)(F)C(F)(F)CO1. The maximum atomic E-state index is 13.1. The van der Waals surface area contributed by atoms with Gasteiger partial charge in [-0.15, -0.1) is 0 Å². The van der Waals surface area contributed by atoms with Crippen LogP contribution in [-0.2, 0) is 28.5 Å². The third-order valence-electron chi connectivity index (χ3n) is 2.82. The van der Waals surface area contributed by atoms with E-state index in [9.17, 15) is 27.2 Å². The number of rotatable bonds is 5. The van der Waals surface area contributed by atoms with Crippen molar-refractivity contribution in [1.29, 1.82) is 0 Å². The van der Waals surface area contributed by atoms with E-state index in [0.29, 0.717) is 0 Å². The zero-order chi connectivity index (χ0) is 17.9. The number of esters is 2. The maximum absolute atomic E-state index is 13.1. The number of ether oxygens (including phenoxy) is 4. The highest BCUT2D eigenvalue weighted by atomic mass is 19.3. The molecule has 0 aromatic rings. The van der Waals surface area contributed by atoms with Gasteiger partial charge < -0.3 is 18.9 Å². The highest BCUT2D eigenvalue weighted by Crippen LogP contribution is 2.39. The molecule has 0 N–H and O–H groups in total. The van der Waals surface area contributed by atoms with Gasteiger partial charge in [0.2, 0.25) is 5.79 Å². The van der Waals surface area contributed by atoms with E-state index in [-0.39, 0.29) is 5.57 Å². The first-order chi connectivity index (χ1) is 10.4. The second kappa shape index (κ2) is 6.83. The molecule has 0 aliphatic carbocycles. The first-order valence-corrected chi connectivity index (χ1v) is 6.40. The molecule has 1 saturated heterocycles. The van der Waals surface area contributed by atoms with E-state index in [0.717, 1.165) is 6.92 Å². The van der Waals surface area contributed by atoms with Gasteiger partial charge >= 0.3 is 23.8 Å². The largest absolute Gasteiger partial charge is 0.457 e. The Labute approximate surface area is 129 Å². The summed E-state index contributed by atoms with van der Waals surface area (Å²) in [5, 5.41) is 0. The molecule has 0 amide bonds. The van der Waals surface area contributed by atoms with Gasteiger partial charge in [0.25, 0.3) is 0 Å². The third kappa shape index (κ3) is 5.17. The average Bonchev–Trinajstić information content (AvgIpc) is 2.53. The number of alkyl halides is 4. The molecule has 1 heterocycles. The Bertz CT molecular complexity index is 473. The van der Waals surface area contributed by atoms with E-state index in [2.05, 4.69) is 25.5 Å².